The van der Waals surface area contributed by atoms with Gasteiger partial charge in [0.15, 0.2) is 0 Å². The molecular weight excluding hydrogens is 123 g/mol. The van der Waals surface area contributed by atoms with Crippen LogP contribution in [-0.4, -0.2) is 17.7 Å². The van der Waals surface area contributed by atoms with Gasteiger partial charge in [-0.05, 0) is 12.1 Å². The van der Waals surface area contributed by atoms with Crippen molar-refractivity contribution in [1.82, 2.24) is 0 Å². The summed E-state index contributed by atoms with van der Waals surface area (Å²) in [6.07, 6.45) is 0. The van der Waals surface area contributed by atoms with E-state index in [1.165, 1.54) is 9.75 Å². The second-order valence-electron chi connectivity index (χ2n) is 1.31. The second kappa shape index (κ2) is 2.30. The van der Waals surface area contributed by atoms with Crippen molar-refractivity contribution in [3.63, 3.8) is 0 Å². The average Bonchev–Trinajstić information content (AvgIpc) is 2.16. The quantitative estimate of drug-likeness (QED) is 0.489. The molecule has 1 aliphatic heterocycles. The van der Waals surface area contributed by atoms with E-state index in [0.717, 1.165) is 0 Å². The second-order valence-corrected chi connectivity index (χ2v) is 2.39. The molecule has 0 aromatic rings. The molecular formula is C4H5BO2S. The minimum atomic E-state index is -0.750. The SMILES string of the molecule is OBO.c1cc2sc1-2. The topological polar surface area (TPSA) is 40.5 Å². The molecule has 1 heterocycles. The molecule has 0 aromatic heterocycles. The van der Waals surface area contributed by atoms with E-state index in [4.69, 9.17) is 10.0 Å². The van der Waals surface area contributed by atoms with Gasteiger partial charge in [0.05, 0.1) is 0 Å². The Balaban J connectivity index is 0.0000000960. The summed E-state index contributed by atoms with van der Waals surface area (Å²) in [5, 5.41) is 14.2. The summed E-state index contributed by atoms with van der Waals surface area (Å²) >= 11 is 1.88. The Morgan fingerprint density at radius 2 is 1.62 bits per heavy atom. The van der Waals surface area contributed by atoms with Gasteiger partial charge in [0.2, 0.25) is 0 Å². The van der Waals surface area contributed by atoms with Crippen molar-refractivity contribution in [2.45, 2.75) is 0 Å². The summed E-state index contributed by atoms with van der Waals surface area (Å²) < 4.78 is 0. The lowest BCUT2D eigenvalue weighted by molar-refractivity contribution is 0.448. The molecule has 0 saturated heterocycles. The standard InChI is InChI=1S/C4H2S.BH3O2/c1-2-4-3(1)5-4;2-1-3/h1-2H;1-3H. The van der Waals surface area contributed by atoms with Gasteiger partial charge in [-0.25, -0.2) is 0 Å². The summed E-state index contributed by atoms with van der Waals surface area (Å²) in [6.45, 7) is 0. The fraction of sp³-hybridized carbons (Fsp3) is 0. The molecule has 2 nitrogen and oxygen atoms in total. The molecule has 0 spiro atoms. The Labute approximate surface area is 51.7 Å². The molecule has 0 radical (unpaired) electrons. The van der Waals surface area contributed by atoms with Crippen molar-refractivity contribution in [1.29, 1.82) is 0 Å². The maximum Gasteiger partial charge on any atom is 0.432 e. The van der Waals surface area contributed by atoms with E-state index in [0.29, 0.717) is 0 Å². The van der Waals surface area contributed by atoms with Crippen LogP contribution in [0.4, 0.5) is 0 Å². The molecule has 0 saturated carbocycles. The van der Waals surface area contributed by atoms with Gasteiger partial charge in [-0.3, -0.25) is 0 Å². The van der Waals surface area contributed by atoms with Crippen LogP contribution in [-0.2, 0) is 0 Å². The van der Waals surface area contributed by atoms with E-state index in [9.17, 15) is 0 Å². The van der Waals surface area contributed by atoms with Crippen LogP contribution in [0.15, 0.2) is 12.1 Å². The summed E-state index contributed by atoms with van der Waals surface area (Å²) in [7, 11) is -0.750. The van der Waals surface area contributed by atoms with E-state index < -0.39 is 7.69 Å². The first-order valence-electron chi connectivity index (χ1n) is 2.20. The first kappa shape index (κ1) is 5.82. The number of thiophene rings is 1. The molecule has 2 N–H and O–H groups in total. The maximum atomic E-state index is 7.12. The Hall–Kier alpha value is -0.315. The molecule has 2 aliphatic rings. The summed E-state index contributed by atoms with van der Waals surface area (Å²) in [6, 6.07) is 4.28. The lowest BCUT2D eigenvalue weighted by Gasteiger charge is -1.72. The van der Waals surface area contributed by atoms with Crippen LogP contribution in [0.2, 0.25) is 0 Å². The van der Waals surface area contributed by atoms with E-state index in [-0.39, 0.29) is 0 Å². The van der Waals surface area contributed by atoms with E-state index in [1.54, 1.807) is 0 Å². The Morgan fingerprint density at radius 3 is 1.62 bits per heavy atom. The molecule has 0 fully saturated rings. The molecule has 8 heavy (non-hydrogen) atoms. The van der Waals surface area contributed by atoms with Crippen LogP contribution in [0.25, 0.3) is 9.75 Å². The molecule has 2 rings (SSSR count). The highest BCUT2D eigenvalue weighted by Gasteiger charge is 2.13. The predicted molar refractivity (Wildman–Crippen MR) is 34.9 cm³/mol. The van der Waals surface area contributed by atoms with Gasteiger partial charge >= 0.3 is 7.69 Å². The number of rotatable bonds is 0. The Bertz CT molecular complexity index is 150. The molecule has 0 atom stereocenters. The molecule has 42 valence electrons. The van der Waals surface area contributed by atoms with Crippen molar-refractivity contribution in [3.8, 4) is 9.75 Å². The zero-order valence-electron chi connectivity index (χ0n) is 4.16. The average molecular weight is 128 g/mol. The number of hydrogen-bond donors (Lipinski definition) is 2. The van der Waals surface area contributed by atoms with E-state index >= 15 is 0 Å². The third kappa shape index (κ3) is 1.09. The monoisotopic (exact) mass is 128 g/mol. The van der Waals surface area contributed by atoms with Crippen LogP contribution in [0.5, 0.6) is 0 Å². The van der Waals surface area contributed by atoms with Crippen LogP contribution in [0.1, 0.15) is 0 Å². The largest absolute Gasteiger partial charge is 0.432 e. The molecule has 0 bridgehead atoms. The lowest BCUT2D eigenvalue weighted by atomic mass is 10.3. The predicted octanol–water partition coefficient (Wildman–Crippen LogP) is -0.0340. The Morgan fingerprint density at radius 1 is 1.25 bits per heavy atom. The van der Waals surface area contributed by atoms with Gasteiger partial charge < -0.3 is 10.0 Å². The minimum Gasteiger partial charge on any atom is -0.430 e. The van der Waals surface area contributed by atoms with Crippen LogP contribution in [0.3, 0.4) is 0 Å². The first-order valence-corrected chi connectivity index (χ1v) is 3.02. The zero-order chi connectivity index (χ0) is 5.98. The zero-order valence-corrected chi connectivity index (χ0v) is 4.98. The third-order valence-corrected chi connectivity index (χ3v) is 1.75. The van der Waals surface area contributed by atoms with Gasteiger partial charge in [0.1, 0.15) is 0 Å². The fourth-order valence-corrected chi connectivity index (χ4v) is 0.975. The summed E-state index contributed by atoms with van der Waals surface area (Å²) in [5.41, 5.74) is 0. The van der Waals surface area contributed by atoms with Crippen molar-refractivity contribution in [2.24, 2.45) is 0 Å². The van der Waals surface area contributed by atoms with Gasteiger partial charge in [-0.15, -0.1) is 11.3 Å². The normalized spacial score (nSPS) is 9.25. The Kier molecular flexibility index (Phi) is 1.67. The highest BCUT2D eigenvalue weighted by Crippen LogP contribution is 2.45. The van der Waals surface area contributed by atoms with Crippen molar-refractivity contribution >= 4 is 19.0 Å². The molecule has 4 heteroatoms. The highest BCUT2D eigenvalue weighted by molar-refractivity contribution is 7.30. The number of hydrogen-bond acceptors (Lipinski definition) is 3. The van der Waals surface area contributed by atoms with Gasteiger partial charge in [0.25, 0.3) is 0 Å². The lowest BCUT2D eigenvalue weighted by Crippen LogP contribution is -1.75. The van der Waals surface area contributed by atoms with E-state index in [1.807, 2.05) is 11.3 Å². The summed E-state index contributed by atoms with van der Waals surface area (Å²) in [5.74, 6) is 0. The van der Waals surface area contributed by atoms with Crippen molar-refractivity contribution in [2.75, 3.05) is 0 Å². The minimum absolute atomic E-state index is 0.750. The molecule has 0 aromatic carbocycles. The van der Waals surface area contributed by atoms with E-state index in [2.05, 4.69) is 12.1 Å². The van der Waals surface area contributed by atoms with Gasteiger partial charge in [0, 0.05) is 9.75 Å². The molecule has 1 aliphatic carbocycles. The maximum absolute atomic E-state index is 7.12. The smallest absolute Gasteiger partial charge is 0.430 e. The number of fused-ring (bicyclic) bond motifs is 1. The van der Waals surface area contributed by atoms with Crippen LogP contribution >= 0.6 is 11.3 Å². The van der Waals surface area contributed by atoms with Crippen LogP contribution in [0, 0.1) is 0 Å². The van der Waals surface area contributed by atoms with Gasteiger partial charge in [-0.1, -0.05) is 0 Å². The molecule has 0 amide bonds. The summed E-state index contributed by atoms with van der Waals surface area (Å²) in [4.78, 5) is 3.01. The first-order chi connectivity index (χ1) is 3.88. The van der Waals surface area contributed by atoms with Gasteiger partial charge in [-0.2, -0.15) is 0 Å². The highest BCUT2D eigenvalue weighted by atomic mass is 32.1. The van der Waals surface area contributed by atoms with Crippen molar-refractivity contribution in [3.05, 3.63) is 12.1 Å². The van der Waals surface area contributed by atoms with Crippen LogP contribution < -0.4 is 0 Å². The molecule has 0 unspecified atom stereocenters. The fourth-order valence-electron chi connectivity index (χ4n) is 0.380. The van der Waals surface area contributed by atoms with Crippen molar-refractivity contribution < 1.29 is 10.0 Å². The third-order valence-electron chi connectivity index (χ3n) is 0.807.